The highest BCUT2D eigenvalue weighted by atomic mass is 32.2. The normalized spacial score (nSPS) is 16.4. The van der Waals surface area contributed by atoms with Gasteiger partial charge in [-0.1, -0.05) is 30.3 Å². The summed E-state index contributed by atoms with van der Waals surface area (Å²) >= 11 is 0. The lowest BCUT2D eigenvalue weighted by molar-refractivity contribution is 0.177. The van der Waals surface area contributed by atoms with Crippen molar-refractivity contribution in [2.24, 2.45) is 0 Å². The summed E-state index contributed by atoms with van der Waals surface area (Å²) in [6, 6.07) is 13.2. The Morgan fingerprint density at radius 2 is 1.56 bits per heavy atom. The first kappa shape index (κ1) is 16.0. The number of anilines is 1. The predicted molar refractivity (Wildman–Crippen MR) is 89.8 cm³/mol. The molecule has 3 aromatic carbocycles. The Bertz CT molecular complexity index is 1070. The molecule has 7 heteroatoms. The third-order valence-electron chi connectivity index (χ3n) is 4.35. The van der Waals surface area contributed by atoms with Crippen molar-refractivity contribution < 1.29 is 22.3 Å². The van der Waals surface area contributed by atoms with Gasteiger partial charge >= 0.3 is 0 Å². The molecule has 0 saturated heterocycles. The van der Waals surface area contributed by atoms with Gasteiger partial charge in [0.15, 0.2) is 0 Å². The van der Waals surface area contributed by atoms with E-state index in [4.69, 9.17) is 0 Å². The SMILES string of the molecule is O=S1(=O)c2cccc3cccc(c23)N1CC(O)c1c(F)cccc1F. The van der Waals surface area contributed by atoms with Crippen molar-refractivity contribution in [3.8, 4) is 0 Å². The van der Waals surface area contributed by atoms with E-state index in [0.717, 1.165) is 21.8 Å². The number of aliphatic hydroxyl groups is 1. The molecule has 4 rings (SSSR count). The molecule has 0 radical (unpaired) electrons. The molecular weight excluding hydrogens is 348 g/mol. The summed E-state index contributed by atoms with van der Waals surface area (Å²) in [5.74, 6) is -1.83. The highest BCUT2D eigenvalue weighted by molar-refractivity contribution is 7.93. The molecular formula is C18H13F2NO3S. The molecule has 1 aliphatic heterocycles. The number of rotatable bonds is 3. The zero-order valence-electron chi connectivity index (χ0n) is 12.9. The largest absolute Gasteiger partial charge is 0.386 e. The van der Waals surface area contributed by atoms with E-state index in [1.165, 1.54) is 12.1 Å². The van der Waals surface area contributed by atoms with E-state index in [0.29, 0.717) is 11.1 Å². The van der Waals surface area contributed by atoms with Crippen molar-refractivity contribution in [3.63, 3.8) is 0 Å². The Morgan fingerprint density at radius 1 is 0.960 bits per heavy atom. The van der Waals surface area contributed by atoms with Gasteiger partial charge in [0.25, 0.3) is 10.0 Å². The lowest BCUT2D eigenvalue weighted by Crippen LogP contribution is -2.32. The van der Waals surface area contributed by atoms with Crippen LogP contribution in [0.25, 0.3) is 10.8 Å². The van der Waals surface area contributed by atoms with Gasteiger partial charge in [0, 0.05) is 5.39 Å². The molecule has 0 amide bonds. The second-order valence-electron chi connectivity index (χ2n) is 5.82. The fourth-order valence-electron chi connectivity index (χ4n) is 3.23. The van der Waals surface area contributed by atoms with Crippen LogP contribution in [0.3, 0.4) is 0 Å². The van der Waals surface area contributed by atoms with Gasteiger partial charge in [-0.25, -0.2) is 17.2 Å². The van der Waals surface area contributed by atoms with Crippen LogP contribution in [-0.2, 0) is 10.0 Å². The minimum Gasteiger partial charge on any atom is -0.386 e. The molecule has 1 aliphatic rings. The van der Waals surface area contributed by atoms with E-state index >= 15 is 0 Å². The van der Waals surface area contributed by atoms with E-state index in [1.807, 2.05) is 0 Å². The van der Waals surface area contributed by atoms with Crippen molar-refractivity contribution >= 4 is 26.5 Å². The maximum atomic E-state index is 13.9. The van der Waals surface area contributed by atoms with E-state index in [-0.39, 0.29) is 4.90 Å². The molecule has 0 bridgehead atoms. The average Bonchev–Trinajstić information content (AvgIpc) is 2.78. The Labute approximate surface area is 143 Å². The molecule has 0 aromatic heterocycles. The summed E-state index contributed by atoms with van der Waals surface area (Å²) in [7, 11) is -3.90. The quantitative estimate of drug-likeness (QED) is 0.778. The predicted octanol–water partition coefficient (Wildman–Crippen LogP) is 3.36. The lowest BCUT2D eigenvalue weighted by atomic mass is 10.1. The lowest BCUT2D eigenvalue weighted by Gasteiger charge is -2.23. The molecule has 0 fully saturated rings. The van der Waals surface area contributed by atoms with E-state index in [2.05, 4.69) is 0 Å². The van der Waals surface area contributed by atoms with Crippen molar-refractivity contribution in [1.29, 1.82) is 0 Å². The minimum absolute atomic E-state index is 0.127. The van der Waals surface area contributed by atoms with Crippen molar-refractivity contribution in [3.05, 3.63) is 71.8 Å². The van der Waals surface area contributed by atoms with Crippen LogP contribution in [0.2, 0.25) is 0 Å². The molecule has 1 unspecified atom stereocenters. The second-order valence-corrected chi connectivity index (χ2v) is 7.65. The Hall–Kier alpha value is -2.51. The monoisotopic (exact) mass is 361 g/mol. The fourth-order valence-corrected chi connectivity index (χ4v) is 4.95. The first-order valence-corrected chi connectivity index (χ1v) is 9.02. The van der Waals surface area contributed by atoms with Crippen LogP contribution >= 0.6 is 0 Å². The van der Waals surface area contributed by atoms with Gasteiger partial charge in [0.1, 0.15) is 17.7 Å². The maximum Gasteiger partial charge on any atom is 0.265 e. The minimum atomic E-state index is -3.90. The number of sulfonamides is 1. The molecule has 0 aliphatic carbocycles. The summed E-state index contributed by atoms with van der Waals surface area (Å²) in [4.78, 5) is 0.127. The van der Waals surface area contributed by atoms with Gasteiger partial charge in [-0.3, -0.25) is 4.31 Å². The highest BCUT2D eigenvalue weighted by Gasteiger charge is 2.37. The Balaban J connectivity index is 1.81. The zero-order valence-corrected chi connectivity index (χ0v) is 13.7. The van der Waals surface area contributed by atoms with Gasteiger partial charge in [-0.15, -0.1) is 0 Å². The molecule has 0 saturated carbocycles. The van der Waals surface area contributed by atoms with Crippen molar-refractivity contribution in [2.75, 3.05) is 10.8 Å². The smallest absolute Gasteiger partial charge is 0.265 e. The van der Waals surface area contributed by atoms with Crippen LogP contribution in [0, 0.1) is 11.6 Å². The number of nitrogens with zero attached hydrogens (tertiary/aromatic N) is 1. The van der Waals surface area contributed by atoms with Crippen LogP contribution in [0.15, 0.2) is 59.5 Å². The standard InChI is InChI=1S/C18H13F2NO3S/c19-12-6-3-7-13(20)18(12)15(22)10-21-14-8-1-4-11-5-2-9-16(17(11)14)25(21,23)24/h1-9,15,22H,10H2. The van der Waals surface area contributed by atoms with Crippen LogP contribution in [0.4, 0.5) is 14.5 Å². The molecule has 1 atom stereocenters. The van der Waals surface area contributed by atoms with E-state index < -0.39 is 39.9 Å². The second kappa shape index (κ2) is 5.50. The molecule has 25 heavy (non-hydrogen) atoms. The number of aliphatic hydroxyl groups excluding tert-OH is 1. The molecule has 128 valence electrons. The van der Waals surface area contributed by atoms with Crippen LogP contribution < -0.4 is 4.31 Å². The summed E-state index contributed by atoms with van der Waals surface area (Å²) in [5, 5.41) is 11.6. The Morgan fingerprint density at radius 3 is 2.24 bits per heavy atom. The van der Waals surface area contributed by atoms with Gasteiger partial charge in [0.05, 0.1) is 22.7 Å². The van der Waals surface area contributed by atoms with Gasteiger partial charge in [-0.2, -0.15) is 0 Å². The van der Waals surface area contributed by atoms with Gasteiger partial charge in [0.2, 0.25) is 0 Å². The first-order valence-electron chi connectivity index (χ1n) is 7.58. The van der Waals surface area contributed by atoms with Crippen molar-refractivity contribution in [2.45, 2.75) is 11.0 Å². The average molecular weight is 361 g/mol. The molecule has 4 nitrogen and oxygen atoms in total. The topological polar surface area (TPSA) is 57.6 Å². The molecule has 0 spiro atoms. The number of halogens is 2. The molecule has 3 aromatic rings. The van der Waals surface area contributed by atoms with Crippen molar-refractivity contribution in [1.82, 2.24) is 0 Å². The third kappa shape index (κ3) is 2.31. The summed E-state index contributed by atoms with van der Waals surface area (Å²) in [6.45, 7) is -0.478. The molecule has 1 N–H and O–H groups in total. The van der Waals surface area contributed by atoms with Crippen LogP contribution in [0.5, 0.6) is 0 Å². The summed E-state index contributed by atoms with van der Waals surface area (Å²) in [6.07, 6.45) is -1.64. The summed E-state index contributed by atoms with van der Waals surface area (Å²) in [5.41, 5.74) is -0.148. The fraction of sp³-hybridized carbons (Fsp3) is 0.111. The highest BCUT2D eigenvalue weighted by Crippen LogP contribution is 2.42. The number of hydrogen-bond acceptors (Lipinski definition) is 3. The van der Waals surface area contributed by atoms with Gasteiger partial charge < -0.3 is 5.11 Å². The maximum absolute atomic E-state index is 13.9. The third-order valence-corrected chi connectivity index (χ3v) is 6.17. The van der Waals surface area contributed by atoms with Crippen LogP contribution in [0.1, 0.15) is 11.7 Å². The molecule has 1 heterocycles. The van der Waals surface area contributed by atoms with E-state index in [1.54, 1.807) is 30.3 Å². The summed E-state index contributed by atoms with van der Waals surface area (Å²) < 4.78 is 54.4. The first-order chi connectivity index (χ1) is 11.9. The van der Waals surface area contributed by atoms with Crippen LogP contribution in [-0.4, -0.2) is 20.1 Å². The number of hydrogen-bond donors (Lipinski definition) is 1. The number of β-amino-alcohol motifs (C(OH)–C–C–N with tert-alkyl or cyclic N) is 1. The van der Waals surface area contributed by atoms with Gasteiger partial charge in [-0.05, 0) is 29.7 Å². The number of benzene rings is 3. The zero-order chi connectivity index (χ0) is 17.8. The Kier molecular flexibility index (Phi) is 3.52. The van der Waals surface area contributed by atoms with E-state index in [9.17, 15) is 22.3 Å².